The molecule has 1 aromatic rings. The van der Waals surface area contributed by atoms with Crippen molar-refractivity contribution in [3.05, 3.63) is 24.3 Å². The summed E-state index contributed by atoms with van der Waals surface area (Å²) in [7, 11) is 0. The van der Waals surface area contributed by atoms with Crippen molar-refractivity contribution in [3.8, 4) is 5.75 Å². The molecule has 0 aliphatic carbocycles. The third kappa shape index (κ3) is 5.21. The Morgan fingerprint density at radius 1 is 1.26 bits per heavy atom. The van der Waals surface area contributed by atoms with Crippen molar-refractivity contribution in [2.24, 2.45) is 5.92 Å². The van der Waals surface area contributed by atoms with Gasteiger partial charge in [0.2, 0.25) is 5.91 Å². The number of carboxylic acid groups (broad SMARTS) is 1. The monoisotopic (exact) mass is 283 g/mol. The van der Waals surface area contributed by atoms with Crippen LogP contribution < -0.4 is 5.32 Å². The minimum Gasteiger partial charge on any atom is -0.508 e. The summed E-state index contributed by atoms with van der Waals surface area (Å²) in [5.74, 6) is -1.21. The molecule has 0 fully saturated rings. The number of aromatic hydroxyl groups is 1. The average Bonchev–Trinajstić information content (AvgIpc) is 2.34. The van der Waals surface area contributed by atoms with Crippen LogP contribution in [0, 0.1) is 5.92 Å². The second-order valence-corrected chi connectivity index (χ2v) is 5.46. The number of phenols is 1. The van der Waals surface area contributed by atoms with E-state index in [2.05, 4.69) is 5.32 Å². The lowest BCUT2D eigenvalue weighted by molar-refractivity contribution is -0.142. The number of carbonyl (C=O) groups is 2. The molecule has 0 spiro atoms. The molecule has 0 aromatic heterocycles. The highest BCUT2D eigenvalue weighted by molar-refractivity contribution is 8.00. The number of nitrogens with one attached hydrogen (secondary N) is 1. The molecule has 104 valence electrons. The standard InChI is InChI=1S/C13H17NO4S/c1-8(2)12(13(17)18)14-11(16)7-19-10-5-3-9(15)4-6-10/h3-6,8,12,15H,7H2,1-2H3,(H,14,16)(H,17,18)/t12-/m0/s1. The summed E-state index contributed by atoms with van der Waals surface area (Å²) in [5.41, 5.74) is 0. The Labute approximate surface area is 116 Å². The van der Waals surface area contributed by atoms with Crippen LogP contribution in [0.5, 0.6) is 5.75 Å². The van der Waals surface area contributed by atoms with Gasteiger partial charge in [0, 0.05) is 4.90 Å². The quantitative estimate of drug-likeness (QED) is 0.692. The van der Waals surface area contributed by atoms with Crippen molar-refractivity contribution in [3.63, 3.8) is 0 Å². The number of aliphatic carboxylic acids is 1. The van der Waals surface area contributed by atoms with E-state index in [4.69, 9.17) is 10.2 Å². The Bertz CT molecular complexity index is 444. The lowest BCUT2D eigenvalue weighted by Crippen LogP contribution is -2.45. The lowest BCUT2D eigenvalue weighted by atomic mass is 10.1. The molecule has 0 heterocycles. The summed E-state index contributed by atoms with van der Waals surface area (Å²) >= 11 is 1.29. The Hall–Kier alpha value is -1.69. The van der Waals surface area contributed by atoms with E-state index in [0.29, 0.717) is 0 Å². The second kappa shape index (κ2) is 7.04. The molecule has 1 atom stereocenters. The largest absolute Gasteiger partial charge is 0.508 e. The highest BCUT2D eigenvalue weighted by Gasteiger charge is 2.23. The van der Waals surface area contributed by atoms with Crippen LogP contribution in [0.3, 0.4) is 0 Å². The Morgan fingerprint density at radius 2 is 1.84 bits per heavy atom. The number of phenolic OH excluding ortho intramolecular Hbond substituents is 1. The maximum absolute atomic E-state index is 11.7. The van der Waals surface area contributed by atoms with Crippen molar-refractivity contribution in [2.75, 3.05) is 5.75 Å². The Kier molecular flexibility index (Phi) is 5.69. The van der Waals surface area contributed by atoms with Crippen LogP contribution in [0.2, 0.25) is 0 Å². The number of carbonyl (C=O) groups excluding carboxylic acids is 1. The van der Waals surface area contributed by atoms with Crippen molar-refractivity contribution in [1.29, 1.82) is 0 Å². The Morgan fingerprint density at radius 3 is 2.32 bits per heavy atom. The van der Waals surface area contributed by atoms with Crippen LogP contribution in [0.1, 0.15) is 13.8 Å². The normalized spacial score (nSPS) is 12.2. The molecule has 0 bridgehead atoms. The predicted octanol–water partition coefficient (Wildman–Crippen LogP) is 1.71. The summed E-state index contributed by atoms with van der Waals surface area (Å²) in [4.78, 5) is 23.4. The van der Waals surface area contributed by atoms with E-state index in [1.54, 1.807) is 26.0 Å². The first-order chi connectivity index (χ1) is 8.90. The van der Waals surface area contributed by atoms with Gasteiger partial charge >= 0.3 is 5.97 Å². The maximum atomic E-state index is 11.7. The maximum Gasteiger partial charge on any atom is 0.326 e. The molecule has 5 nitrogen and oxygen atoms in total. The summed E-state index contributed by atoms with van der Waals surface area (Å²) in [6.07, 6.45) is 0. The fraction of sp³-hybridized carbons (Fsp3) is 0.385. The lowest BCUT2D eigenvalue weighted by Gasteiger charge is -2.17. The number of rotatable bonds is 6. The van der Waals surface area contributed by atoms with Gasteiger partial charge in [0.1, 0.15) is 11.8 Å². The van der Waals surface area contributed by atoms with E-state index < -0.39 is 12.0 Å². The molecule has 19 heavy (non-hydrogen) atoms. The molecule has 1 rings (SSSR count). The zero-order valence-electron chi connectivity index (χ0n) is 10.8. The van der Waals surface area contributed by atoms with Gasteiger partial charge in [-0.3, -0.25) is 4.79 Å². The molecule has 0 aliphatic heterocycles. The minimum absolute atomic E-state index is 0.140. The molecule has 0 saturated carbocycles. The fourth-order valence-corrected chi connectivity index (χ4v) is 2.13. The van der Waals surface area contributed by atoms with Gasteiger partial charge < -0.3 is 15.5 Å². The summed E-state index contributed by atoms with van der Waals surface area (Å²) in [6.45, 7) is 3.48. The Balaban J connectivity index is 2.47. The van der Waals surface area contributed by atoms with Gasteiger partial charge in [-0.2, -0.15) is 0 Å². The van der Waals surface area contributed by atoms with Gasteiger partial charge in [-0.25, -0.2) is 4.79 Å². The van der Waals surface area contributed by atoms with E-state index in [-0.39, 0.29) is 23.3 Å². The van der Waals surface area contributed by atoms with Crippen LogP contribution in [0.4, 0.5) is 0 Å². The molecule has 3 N–H and O–H groups in total. The molecular weight excluding hydrogens is 266 g/mol. The van der Waals surface area contributed by atoms with Crippen LogP contribution in [0.25, 0.3) is 0 Å². The predicted molar refractivity (Wildman–Crippen MR) is 73.2 cm³/mol. The topological polar surface area (TPSA) is 86.6 Å². The van der Waals surface area contributed by atoms with Crippen molar-refractivity contribution >= 4 is 23.6 Å². The smallest absolute Gasteiger partial charge is 0.326 e. The van der Waals surface area contributed by atoms with Gasteiger partial charge in [-0.1, -0.05) is 13.8 Å². The van der Waals surface area contributed by atoms with Gasteiger partial charge in [-0.05, 0) is 30.2 Å². The van der Waals surface area contributed by atoms with E-state index >= 15 is 0 Å². The van der Waals surface area contributed by atoms with Crippen LogP contribution in [0.15, 0.2) is 29.2 Å². The third-order valence-corrected chi connectivity index (χ3v) is 3.47. The number of benzene rings is 1. The zero-order valence-corrected chi connectivity index (χ0v) is 11.6. The van der Waals surface area contributed by atoms with Crippen LogP contribution in [-0.4, -0.2) is 33.9 Å². The highest BCUT2D eigenvalue weighted by atomic mass is 32.2. The minimum atomic E-state index is -1.03. The SMILES string of the molecule is CC(C)[C@H](NC(=O)CSc1ccc(O)cc1)C(=O)O. The zero-order chi connectivity index (χ0) is 14.4. The molecule has 0 unspecified atom stereocenters. The first kappa shape index (κ1) is 15.4. The molecule has 1 aromatic carbocycles. The van der Waals surface area contributed by atoms with Crippen LogP contribution in [-0.2, 0) is 9.59 Å². The first-order valence-electron chi connectivity index (χ1n) is 5.84. The van der Waals surface area contributed by atoms with E-state index in [9.17, 15) is 9.59 Å². The van der Waals surface area contributed by atoms with Crippen molar-refractivity contribution < 1.29 is 19.8 Å². The molecule has 0 radical (unpaired) electrons. The number of hydrogen-bond acceptors (Lipinski definition) is 4. The van der Waals surface area contributed by atoms with Gasteiger partial charge in [0.25, 0.3) is 0 Å². The number of amides is 1. The number of hydrogen-bond donors (Lipinski definition) is 3. The highest BCUT2D eigenvalue weighted by Crippen LogP contribution is 2.20. The third-order valence-electron chi connectivity index (χ3n) is 2.46. The van der Waals surface area contributed by atoms with Crippen molar-refractivity contribution in [1.82, 2.24) is 5.32 Å². The fourth-order valence-electron chi connectivity index (χ4n) is 1.42. The number of thioether (sulfide) groups is 1. The van der Waals surface area contributed by atoms with E-state index in [1.807, 2.05) is 0 Å². The molecular formula is C13H17NO4S. The van der Waals surface area contributed by atoms with Crippen molar-refractivity contribution in [2.45, 2.75) is 24.8 Å². The van der Waals surface area contributed by atoms with Gasteiger partial charge in [0.15, 0.2) is 0 Å². The summed E-state index contributed by atoms with van der Waals surface area (Å²) in [5, 5.41) is 20.6. The average molecular weight is 283 g/mol. The van der Waals surface area contributed by atoms with Crippen LogP contribution >= 0.6 is 11.8 Å². The second-order valence-electron chi connectivity index (χ2n) is 4.41. The van der Waals surface area contributed by atoms with Gasteiger partial charge in [-0.15, -0.1) is 11.8 Å². The van der Waals surface area contributed by atoms with Gasteiger partial charge in [0.05, 0.1) is 5.75 Å². The first-order valence-corrected chi connectivity index (χ1v) is 6.82. The summed E-state index contributed by atoms with van der Waals surface area (Å²) < 4.78 is 0. The molecule has 0 aliphatic rings. The summed E-state index contributed by atoms with van der Waals surface area (Å²) in [6, 6.07) is 5.60. The van der Waals surface area contributed by atoms with E-state index in [1.165, 1.54) is 23.9 Å². The number of carboxylic acids is 1. The van der Waals surface area contributed by atoms with E-state index in [0.717, 1.165) is 4.90 Å². The molecule has 0 saturated heterocycles. The molecule has 1 amide bonds. The molecule has 6 heteroatoms.